The van der Waals surface area contributed by atoms with E-state index in [1.165, 1.54) is 0 Å². The van der Waals surface area contributed by atoms with Crippen LogP contribution in [-0.2, 0) is 9.59 Å². The second-order valence-corrected chi connectivity index (χ2v) is 4.63. The van der Waals surface area contributed by atoms with Gasteiger partial charge in [0.2, 0.25) is 5.91 Å². The topological polar surface area (TPSA) is 58.2 Å². The smallest absolute Gasteiger partial charge is 0.220 e. The Kier molecular flexibility index (Phi) is 6.17. The number of carbonyl (C=O) groups is 2. The molecule has 88 valence electrons. The molecule has 0 fully saturated rings. The van der Waals surface area contributed by atoms with Gasteiger partial charge < -0.3 is 10.6 Å². The van der Waals surface area contributed by atoms with E-state index in [1.807, 2.05) is 27.8 Å². The van der Waals surface area contributed by atoms with Gasteiger partial charge in [0.25, 0.3) is 0 Å². The Morgan fingerprint density at radius 3 is 2.13 bits per heavy atom. The van der Waals surface area contributed by atoms with E-state index in [0.717, 1.165) is 6.54 Å². The minimum Gasteiger partial charge on any atom is -0.355 e. The summed E-state index contributed by atoms with van der Waals surface area (Å²) in [5, 5.41) is 5.67. The number of hydrogen-bond acceptors (Lipinski definition) is 3. The van der Waals surface area contributed by atoms with Crippen molar-refractivity contribution in [2.45, 2.75) is 33.6 Å². The van der Waals surface area contributed by atoms with E-state index in [-0.39, 0.29) is 17.1 Å². The summed E-state index contributed by atoms with van der Waals surface area (Å²) in [5.74, 6) is 0.0779. The second-order valence-electron chi connectivity index (χ2n) is 4.63. The minimum absolute atomic E-state index is 0.0529. The summed E-state index contributed by atoms with van der Waals surface area (Å²) in [5.41, 5.74) is -0.342. The fraction of sp³-hybridized carbons (Fsp3) is 0.818. The lowest BCUT2D eigenvalue weighted by Gasteiger charge is -2.15. The third kappa shape index (κ3) is 7.08. The normalized spacial score (nSPS) is 11.2. The average molecular weight is 214 g/mol. The van der Waals surface area contributed by atoms with E-state index in [1.54, 1.807) is 0 Å². The van der Waals surface area contributed by atoms with Crippen LogP contribution >= 0.6 is 0 Å². The molecular formula is C11H22N2O2. The highest BCUT2D eigenvalue weighted by atomic mass is 16.2. The predicted octanol–water partition coefficient (Wildman–Crippen LogP) is 0.717. The van der Waals surface area contributed by atoms with Crippen LogP contribution in [0.4, 0.5) is 0 Å². The van der Waals surface area contributed by atoms with Gasteiger partial charge in [-0.2, -0.15) is 0 Å². The fourth-order valence-corrected chi connectivity index (χ4v) is 1.02. The maximum absolute atomic E-state index is 11.5. The number of amides is 1. The first kappa shape index (κ1) is 14.1. The van der Waals surface area contributed by atoms with Crippen LogP contribution in [0.15, 0.2) is 0 Å². The zero-order chi connectivity index (χ0) is 11.9. The van der Waals surface area contributed by atoms with Crippen LogP contribution in [-0.4, -0.2) is 31.8 Å². The summed E-state index contributed by atoms with van der Waals surface area (Å²) in [4.78, 5) is 22.8. The third-order valence-corrected chi connectivity index (χ3v) is 2.11. The molecule has 0 heterocycles. The fourth-order valence-electron chi connectivity index (χ4n) is 1.02. The third-order valence-electron chi connectivity index (χ3n) is 2.11. The average Bonchev–Trinajstić information content (AvgIpc) is 2.13. The molecular weight excluding hydrogens is 192 g/mol. The summed E-state index contributed by atoms with van der Waals surface area (Å²) < 4.78 is 0. The molecule has 0 aromatic rings. The van der Waals surface area contributed by atoms with Gasteiger partial charge in [0.1, 0.15) is 5.78 Å². The van der Waals surface area contributed by atoms with E-state index >= 15 is 0 Å². The Morgan fingerprint density at radius 1 is 1.07 bits per heavy atom. The van der Waals surface area contributed by atoms with Crippen LogP contribution < -0.4 is 10.6 Å². The molecule has 15 heavy (non-hydrogen) atoms. The molecule has 4 nitrogen and oxygen atoms in total. The molecule has 2 N–H and O–H groups in total. The molecule has 0 unspecified atom stereocenters. The predicted molar refractivity (Wildman–Crippen MR) is 60.6 cm³/mol. The van der Waals surface area contributed by atoms with Gasteiger partial charge in [-0.3, -0.25) is 9.59 Å². The van der Waals surface area contributed by atoms with Crippen molar-refractivity contribution in [3.8, 4) is 0 Å². The number of likely N-dealkylation sites (N-methyl/N-ethyl adjacent to an activating group) is 1. The van der Waals surface area contributed by atoms with Crippen molar-refractivity contribution < 1.29 is 9.59 Å². The lowest BCUT2D eigenvalue weighted by Crippen LogP contribution is -2.31. The van der Waals surface area contributed by atoms with Gasteiger partial charge in [-0.05, 0) is 7.05 Å². The van der Waals surface area contributed by atoms with E-state index in [4.69, 9.17) is 0 Å². The first-order chi connectivity index (χ1) is 6.88. The van der Waals surface area contributed by atoms with Crippen molar-refractivity contribution in [1.29, 1.82) is 0 Å². The quantitative estimate of drug-likeness (QED) is 0.640. The van der Waals surface area contributed by atoms with Crippen LogP contribution in [0.25, 0.3) is 0 Å². The molecule has 0 rings (SSSR count). The molecule has 0 saturated heterocycles. The SMILES string of the molecule is CNCCNC(=O)CCC(=O)C(C)(C)C. The summed E-state index contributed by atoms with van der Waals surface area (Å²) in [6, 6.07) is 0. The summed E-state index contributed by atoms with van der Waals surface area (Å²) in [7, 11) is 1.83. The van der Waals surface area contributed by atoms with Crippen molar-refractivity contribution in [1.82, 2.24) is 10.6 Å². The van der Waals surface area contributed by atoms with Crippen molar-refractivity contribution in [2.75, 3.05) is 20.1 Å². The van der Waals surface area contributed by atoms with Gasteiger partial charge in [-0.25, -0.2) is 0 Å². The molecule has 0 radical (unpaired) electrons. The molecule has 0 aliphatic rings. The monoisotopic (exact) mass is 214 g/mol. The lowest BCUT2D eigenvalue weighted by atomic mass is 9.88. The van der Waals surface area contributed by atoms with Gasteiger partial charge in [0.05, 0.1) is 0 Å². The zero-order valence-electron chi connectivity index (χ0n) is 10.1. The Bertz CT molecular complexity index is 219. The molecule has 4 heteroatoms. The maximum atomic E-state index is 11.5. The van der Waals surface area contributed by atoms with Gasteiger partial charge in [-0.15, -0.1) is 0 Å². The zero-order valence-corrected chi connectivity index (χ0v) is 10.1. The number of ketones is 1. The van der Waals surface area contributed by atoms with Crippen LogP contribution in [0.3, 0.4) is 0 Å². The number of rotatable bonds is 6. The van der Waals surface area contributed by atoms with Gasteiger partial charge in [-0.1, -0.05) is 20.8 Å². The number of Topliss-reactive ketones (excluding diaryl/α,β-unsaturated/α-hetero) is 1. The van der Waals surface area contributed by atoms with E-state index in [9.17, 15) is 9.59 Å². The first-order valence-electron chi connectivity index (χ1n) is 5.32. The summed E-state index contributed by atoms with van der Waals surface area (Å²) in [6.07, 6.45) is 0.620. The Labute approximate surface area is 91.8 Å². The van der Waals surface area contributed by atoms with Crippen molar-refractivity contribution in [3.63, 3.8) is 0 Å². The van der Waals surface area contributed by atoms with E-state index in [2.05, 4.69) is 10.6 Å². The minimum atomic E-state index is -0.342. The largest absolute Gasteiger partial charge is 0.355 e. The molecule has 0 aliphatic heterocycles. The van der Waals surface area contributed by atoms with Crippen LogP contribution in [0.1, 0.15) is 33.6 Å². The Hall–Kier alpha value is -0.900. The van der Waals surface area contributed by atoms with Crippen LogP contribution in [0, 0.1) is 5.41 Å². The molecule has 0 aromatic carbocycles. The molecule has 0 atom stereocenters. The van der Waals surface area contributed by atoms with Crippen LogP contribution in [0.5, 0.6) is 0 Å². The standard InChI is InChI=1S/C11H22N2O2/c1-11(2,3)9(14)5-6-10(15)13-8-7-12-4/h12H,5-8H2,1-4H3,(H,13,15). The molecule has 0 bridgehead atoms. The number of hydrogen-bond donors (Lipinski definition) is 2. The Morgan fingerprint density at radius 2 is 1.67 bits per heavy atom. The molecule has 0 aromatic heterocycles. The molecule has 0 spiro atoms. The van der Waals surface area contributed by atoms with Gasteiger partial charge >= 0.3 is 0 Å². The van der Waals surface area contributed by atoms with E-state index in [0.29, 0.717) is 19.4 Å². The molecule has 1 amide bonds. The Balaban J connectivity index is 3.67. The lowest BCUT2D eigenvalue weighted by molar-refractivity contribution is -0.129. The first-order valence-corrected chi connectivity index (χ1v) is 5.32. The second kappa shape index (κ2) is 6.56. The van der Waals surface area contributed by atoms with Gasteiger partial charge in [0.15, 0.2) is 0 Å². The number of nitrogens with one attached hydrogen (secondary N) is 2. The summed E-state index contributed by atoms with van der Waals surface area (Å²) >= 11 is 0. The highest BCUT2D eigenvalue weighted by Crippen LogP contribution is 2.17. The maximum Gasteiger partial charge on any atom is 0.220 e. The van der Waals surface area contributed by atoms with Gasteiger partial charge in [0, 0.05) is 31.3 Å². The molecule has 0 aliphatic carbocycles. The van der Waals surface area contributed by atoms with Crippen molar-refractivity contribution in [3.05, 3.63) is 0 Å². The number of carbonyl (C=O) groups excluding carboxylic acids is 2. The van der Waals surface area contributed by atoms with Crippen LogP contribution in [0.2, 0.25) is 0 Å². The highest BCUT2D eigenvalue weighted by Gasteiger charge is 2.21. The summed E-state index contributed by atoms with van der Waals surface area (Å²) in [6.45, 7) is 6.97. The van der Waals surface area contributed by atoms with E-state index < -0.39 is 0 Å². The molecule has 0 saturated carbocycles. The van der Waals surface area contributed by atoms with Crippen molar-refractivity contribution >= 4 is 11.7 Å². The highest BCUT2D eigenvalue weighted by molar-refractivity contribution is 5.88. The van der Waals surface area contributed by atoms with Crippen molar-refractivity contribution in [2.24, 2.45) is 5.41 Å².